The second-order valence-electron chi connectivity index (χ2n) is 11.9. The van der Waals surface area contributed by atoms with E-state index in [4.69, 9.17) is 0 Å². The molecule has 7 aromatic carbocycles. The predicted molar refractivity (Wildman–Crippen MR) is 190 cm³/mol. The van der Waals surface area contributed by atoms with Crippen molar-refractivity contribution in [3.63, 3.8) is 0 Å². The van der Waals surface area contributed by atoms with Gasteiger partial charge in [-0.05, 0) is 87.5 Å². The summed E-state index contributed by atoms with van der Waals surface area (Å²) in [4.78, 5) is 4.78. The van der Waals surface area contributed by atoms with Crippen LogP contribution in [0.1, 0.15) is 30.4 Å². The number of hydrogen-bond donors (Lipinski definition) is 0. The number of hydrogen-bond acceptors (Lipinski definition) is 2. The molecular weight excluding hydrogens is 532 g/mol. The molecule has 0 N–H and O–H groups in total. The van der Waals surface area contributed by atoms with Crippen LogP contribution in [0.3, 0.4) is 0 Å². The number of benzene rings is 7. The zero-order valence-electron chi connectivity index (χ0n) is 25.1. The highest BCUT2D eigenvalue weighted by Gasteiger charge is 2.23. The van der Waals surface area contributed by atoms with Crippen LogP contribution in [0.5, 0.6) is 0 Å². The van der Waals surface area contributed by atoms with Gasteiger partial charge in [-0.3, -0.25) is 0 Å². The minimum absolute atomic E-state index is 0.463. The molecule has 212 valence electrons. The number of allylic oxidation sites excluding steroid dienone is 1. The molecule has 1 unspecified atom stereocenters. The van der Waals surface area contributed by atoms with Gasteiger partial charge in [-0.1, -0.05) is 116 Å². The lowest BCUT2D eigenvalue weighted by atomic mass is 9.84. The molecular formula is C42H34N2. The first-order chi connectivity index (χ1) is 21.7. The Kier molecular flexibility index (Phi) is 6.42. The van der Waals surface area contributed by atoms with Gasteiger partial charge in [0, 0.05) is 34.9 Å². The second-order valence-corrected chi connectivity index (χ2v) is 11.9. The molecule has 0 spiro atoms. The molecule has 0 bridgehead atoms. The summed E-state index contributed by atoms with van der Waals surface area (Å²) in [6.45, 7) is 2.35. The third-order valence-electron chi connectivity index (χ3n) is 9.25. The first-order valence-electron chi connectivity index (χ1n) is 15.5. The number of anilines is 5. The van der Waals surface area contributed by atoms with Crippen LogP contribution in [-0.4, -0.2) is 7.05 Å². The molecule has 0 fully saturated rings. The topological polar surface area (TPSA) is 6.48 Å². The minimum atomic E-state index is 0.463. The van der Waals surface area contributed by atoms with Crippen molar-refractivity contribution in [2.24, 2.45) is 0 Å². The average molecular weight is 567 g/mol. The molecule has 1 aliphatic carbocycles. The SMILES string of the molecule is CC1CC=Cc2c1c(N(C)c1ccc(N(c3cccc4ccccc34)c3cccc4ccccc34)cc1)cc1ccccc21. The van der Waals surface area contributed by atoms with Crippen LogP contribution < -0.4 is 9.80 Å². The van der Waals surface area contributed by atoms with Crippen LogP contribution >= 0.6 is 0 Å². The summed E-state index contributed by atoms with van der Waals surface area (Å²) < 4.78 is 0. The van der Waals surface area contributed by atoms with Gasteiger partial charge in [-0.2, -0.15) is 0 Å². The maximum absolute atomic E-state index is 2.42. The van der Waals surface area contributed by atoms with E-state index in [1.165, 1.54) is 66.2 Å². The van der Waals surface area contributed by atoms with E-state index in [9.17, 15) is 0 Å². The Balaban J connectivity index is 1.27. The van der Waals surface area contributed by atoms with E-state index in [2.05, 4.69) is 175 Å². The lowest BCUT2D eigenvalue weighted by Crippen LogP contribution is -2.16. The highest BCUT2D eigenvalue weighted by molar-refractivity contribution is 6.05. The van der Waals surface area contributed by atoms with Gasteiger partial charge in [0.2, 0.25) is 0 Å². The van der Waals surface area contributed by atoms with Crippen molar-refractivity contribution in [1.29, 1.82) is 0 Å². The van der Waals surface area contributed by atoms with Crippen LogP contribution in [0.4, 0.5) is 28.4 Å². The van der Waals surface area contributed by atoms with Gasteiger partial charge in [0.1, 0.15) is 0 Å². The Morgan fingerprint density at radius 1 is 0.523 bits per heavy atom. The summed E-state index contributed by atoms with van der Waals surface area (Å²) in [5.74, 6) is 0.463. The number of rotatable bonds is 5. The molecule has 7 aromatic rings. The van der Waals surface area contributed by atoms with Crippen molar-refractivity contribution in [2.75, 3.05) is 16.8 Å². The molecule has 8 rings (SSSR count). The second kappa shape index (κ2) is 10.7. The molecule has 1 aliphatic rings. The Bertz CT molecular complexity index is 2100. The van der Waals surface area contributed by atoms with E-state index in [1.807, 2.05) is 0 Å². The Morgan fingerprint density at radius 2 is 1.05 bits per heavy atom. The van der Waals surface area contributed by atoms with Crippen molar-refractivity contribution in [2.45, 2.75) is 19.3 Å². The first kappa shape index (κ1) is 26.3. The average Bonchev–Trinajstić information content (AvgIpc) is 3.08. The molecule has 0 aromatic heterocycles. The smallest absolute Gasteiger partial charge is 0.0540 e. The van der Waals surface area contributed by atoms with Crippen LogP contribution in [0.15, 0.2) is 146 Å². The van der Waals surface area contributed by atoms with Gasteiger partial charge < -0.3 is 9.80 Å². The quantitative estimate of drug-likeness (QED) is 0.204. The van der Waals surface area contributed by atoms with Gasteiger partial charge in [0.25, 0.3) is 0 Å². The van der Waals surface area contributed by atoms with Gasteiger partial charge in [-0.25, -0.2) is 0 Å². The fourth-order valence-electron chi connectivity index (χ4n) is 7.04. The third kappa shape index (κ3) is 4.34. The maximum Gasteiger partial charge on any atom is 0.0540 e. The summed E-state index contributed by atoms with van der Waals surface area (Å²) in [5.41, 5.74) is 8.72. The molecule has 0 radical (unpaired) electrons. The van der Waals surface area contributed by atoms with Gasteiger partial charge >= 0.3 is 0 Å². The van der Waals surface area contributed by atoms with Crippen molar-refractivity contribution in [1.82, 2.24) is 0 Å². The zero-order valence-corrected chi connectivity index (χ0v) is 25.1. The van der Waals surface area contributed by atoms with Crippen molar-refractivity contribution >= 4 is 66.8 Å². The standard InChI is InChI=1S/C42H34N2/c1-29-12-9-21-38-35-18-6-5-15-32(35)28-41(42(29)38)43(2)33-24-26-34(27-25-33)44(39-22-10-16-30-13-3-7-19-36(30)39)40-23-11-17-31-14-4-8-20-37(31)40/h3-11,13-29H,12H2,1-2H3. The van der Waals surface area contributed by atoms with Crippen molar-refractivity contribution in [3.05, 3.63) is 157 Å². The summed E-state index contributed by atoms with van der Waals surface area (Å²) in [6.07, 6.45) is 5.72. The number of nitrogens with zero attached hydrogens (tertiary/aromatic N) is 2. The lowest BCUT2D eigenvalue weighted by Gasteiger charge is -2.31. The maximum atomic E-state index is 2.42. The molecule has 2 heteroatoms. The highest BCUT2D eigenvalue weighted by atomic mass is 15.1. The molecule has 2 nitrogen and oxygen atoms in total. The summed E-state index contributed by atoms with van der Waals surface area (Å²) in [5, 5.41) is 7.54. The predicted octanol–water partition coefficient (Wildman–Crippen LogP) is 11.9. The van der Waals surface area contributed by atoms with E-state index in [0.717, 1.165) is 12.1 Å². The van der Waals surface area contributed by atoms with Gasteiger partial charge in [0.15, 0.2) is 0 Å². The number of fused-ring (bicyclic) bond motifs is 5. The summed E-state index contributed by atoms with van der Waals surface area (Å²) in [6, 6.07) is 50.7. The van der Waals surface area contributed by atoms with Crippen LogP contribution in [0.2, 0.25) is 0 Å². The van der Waals surface area contributed by atoms with Crippen molar-refractivity contribution in [3.8, 4) is 0 Å². The van der Waals surface area contributed by atoms with E-state index in [0.29, 0.717) is 5.92 Å². The van der Waals surface area contributed by atoms with E-state index >= 15 is 0 Å². The van der Waals surface area contributed by atoms with E-state index in [-0.39, 0.29) is 0 Å². The van der Waals surface area contributed by atoms with Gasteiger partial charge in [-0.15, -0.1) is 0 Å². The molecule has 44 heavy (non-hydrogen) atoms. The minimum Gasteiger partial charge on any atom is -0.344 e. The molecule has 0 amide bonds. The Labute approximate surface area is 259 Å². The third-order valence-corrected chi connectivity index (χ3v) is 9.25. The van der Waals surface area contributed by atoms with Gasteiger partial charge in [0.05, 0.1) is 11.4 Å². The van der Waals surface area contributed by atoms with Crippen LogP contribution in [0.25, 0.3) is 38.4 Å². The summed E-state index contributed by atoms with van der Waals surface area (Å²) >= 11 is 0. The Morgan fingerprint density at radius 3 is 1.68 bits per heavy atom. The molecule has 0 saturated carbocycles. The fourth-order valence-corrected chi connectivity index (χ4v) is 7.04. The van der Waals surface area contributed by atoms with E-state index < -0.39 is 0 Å². The van der Waals surface area contributed by atoms with Crippen LogP contribution in [0, 0.1) is 0 Å². The monoisotopic (exact) mass is 566 g/mol. The molecule has 1 atom stereocenters. The van der Waals surface area contributed by atoms with Crippen LogP contribution in [-0.2, 0) is 0 Å². The largest absolute Gasteiger partial charge is 0.344 e. The van der Waals surface area contributed by atoms with E-state index in [1.54, 1.807) is 0 Å². The Hall–Kier alpha value is -5.34. The molecule has 0 aliphatic heterocycles. The molecule has 0 saturated heterocycles. The lowest BCUT2D eigenvalue weighted by molar-refractivity contribution is 0.772. The molecule has 0 heterocycles. The zero-order chi connectivity index (χ0) is 29.6. The summed E-state index contributed by atoms with van der Waals surface area (Å²) in [7, 11) is 2.21. The highest BCUT2D eigenvalue weighted by Crippen LogP contribution is 2.45. The fraction of sp³-hybridized carbons (Fsp3) is 0.0952. The normalized spacial score (nSPS) is 14.2. The first-order valence-corrected chi connectivity index (χ1v) is 15.5. The van der Waals surface area contributed by atoms with Crippen molar-refractivity contribution < 1.29 is 0 Å².